The average molecular weight is 153 g/mol. The normalized spacial score (nSPS) is 10.0. The first-order chi connectivity index (χ1) is 2.27. The van der Waals surface area contributed by atoms with Gasteiger partial charge in [0, 0.05) is 0 Å². The zero-order chi connectivity index (χ0) is 4.28. The number of hydrogen-bond donors (Lipinski definition) is 0. The number of hydrogen-bond acceptors (Lipinski definition) is 1. The van der Waals surface area contributed by atoms with Gasteiger partial charge in [-0.3, -0.25) is 0 Å². The van der Waals surface area contributed by atoms with Gasteiger partial charge in [-0.1, -0.05) is 0 Å². The molecule has 0 heterocycles. The molecule has 0 atom stereocenters. The molecule has 0 amide bonds. The zero-order valence-corrected chi connectivity index (χ0v) is 5.99. The van der Waals surface area contributed by atoms with E-state index in [0.717, 1.165) is 0 Å². The van der Waals surface area contributed by atoms with E-state index >= 15 is 0 Å². The van der Waals surface area contributed by atoms with E-state index in [1.54, 1.807) is 6.92 Å². The lowest BCUT2D eigenvalue weighted by molar-refractivity contribution is -0.109. The Morgan fingerprint density at radius 2 is 2.20 bits per heavy atom. The van der Waals surface area contributed by atoms with Gasteiger partial charge in [-0.25, -0.2) is 0 Å². The molecule has 30 valence electrons. The van der Waals surface area contributed by atoms with Gasteiger partial charge in [-0.15, -0.1) is 15.3 Å². The van der Waals surface area contributed by atoms with Gasteiger partial charge in [0.2, 0.25) is 0 Å². The Morgan fingerprint density at radius 1 is 2.00 bits per heavy atom. The molecule has 1 nitrogen and oxygen atoms in total. The summed E-state index contributed by atoms with van der Waals surface area (Å²) in [5.74, 6) is 0. The highest BCUT2D eigenvalue weighted by molar-refractivity contribution is 9.24. The monoisotopic (exact) mass is 152 g/mol. The van der Waals surface area contributed by atoms with Crippen LogP contribution in [0.15, 0.2) is 0 Å². The van der Waals surface area contributed by atoms with Crippen molar-refractivity contribution in [3.63, 3.8) is 0 Å². The maximum atomic E-state index is 9.83. The molecule has 0 aliphatic rings. The second-order valence-electron chi connectivity index (χ2n) is 0.836. The molecular formula is C2H5BrOSi. The van der Waals surface area contributed by atoms with Gasteiger partial charge < -0.3 is 4.79 Å². The number of rotatable bonds is 1. The second-order valence-corrected chi connectivity index (χ2v) is 3.78. The minimum absolute atomic E-state index is 0.310. The van der Waals surface area contributed by atoms with E-state index in [9.17, 15) is 4.79 Å². The van der Waals surface area contributed by atoms with Crippen molar-refractivity contribution in [1.29, 1.82) is 0 Å². The van der Waals surface area contributed by atoms with Gasteiger partial charge in [-0.05, 0) is 6.92 Å². The summed E-state index contributed by atoms with van der Waals surface area (Å²) in [5.41, 5.74) is 0. The minimum atomic E-state index is -0.478. The molecule has 3 heteroatoms. The molecule has 0 aliphatic heterocycles. The molecule has 0 aromatic rings. The van der Waals surface area contributed by atoms with Crippen LogP contribution in [-0.2, 0) is 4.79 Å². The van der Waals surface area contributed by atoms with E-state index in [1.807, 2.05) is 0 Å². The van der Waals surface area contributed by atoms with Crippen molar-refractivity contribution in [2.75, 3.05) is 0 Å². The maximum Gasteiger partial charge on any atom is 0.174 e. The van der Waals surface area contributed by atoms with Gasteiger partial charge in [0.15, 0.2) is 8.14 Å². The van der Waals surface area contributed by atoms with E-state index in [2.05, 4.69) is 15.3 Å². The van der Waals surface area contributed by atoms with Crippen LogP contribution in [-0.4, -0.2) is 13.5 Å². The number of carbonyl (C=O) groups is 1. The summed E-state index contributed by atoms with van der Waals surface area (Å²) in [7, 11) is -0.478. The van der Waals surface area contributed by atoms with E-state index in [-0.39, 0.29) is 0 Å². The molecule has 0 aromatic carbocycles. The standard InChI is InChI=1S/C2H5BrOSi/c1-2(4)5-3/h5H2,1H3. The van der Waals surface area contributed by atoms with Gasteiger partial charge in [0.1, 0.15) is 5.41 Å². The molecule has 0 bridgehead atoms. The Hall–Kier alpha value is 0.367. The van der Waals surface area contributed by atoms with Gasteiger partial charge in [-0.2, -0.15) is 0 Å². The summed E-state index contributed by atoms with van der Waals surface area (Å²) in [6.45, 7) is 1.60. The van der Waals surface area contributed by atoms with Crippen LogP contribution in [0.5, 0.6) is 0 Å². The SMILES string of the molecule is CC(=O)[SiH2]Br. The quantitative estimate of drug-likeness (QED) is 0.383. The highest BCUT2D eigenvalue weighted by Gasteiger charge is 1.80. The Labute approximate surface area is 41.2 Å². The predicted octanol–water partition coefficient (Wildman–Crippen LogP) is 0.0116. The lowest BCUT2D eigenvalue weighted by atomic mass is 10.9. The van der Waals surface area contributed by atoms with Gasteiger partial charge >= 0.3 is 0 Å². The first kappa shape index (κ1) is 5.37. The average Bonchev–Trinajstić information content (AvgIpc) is 1.38. The number of halogens is 1. The van der Waals surface area contributed by atoms with Crippen molar-refractivity contribution in [2.24, 2.45) is 0 Å². The molecule has 0 saturated carbocycles. The molecule has 5 heavy (non-hydrogen) atoms. The summed E-state index contributed by atoms with van der Waals surface area (Å²) in [6.07, 6.45) is 0. The number of carbonyl (C=O) groups excluding carboxylic acids is 1. The van der Waals surface area contributed by atoms with Crippen molar-refractivity contribution >= 4 is 28.8 Å². The smallest absolute Gasteiger partial charge is 0.174 e. The Morgan fingerprint density at radius 3 is 2.20 bits per heavy atom. The van der Waals surface area contributed by atoms with Crippen molar-refractivity contribution < 1.29 is 4.79 Å². The highest BCUT2D eigenvalue weighted by atomic mass is 79.9. The molecule has 0 aromatic heterocycles. The van der Waals surface area contributed by atoms with Crippen molar-refractivity contribution in [2.45, 2.75) is 6.92 Å². The minimum Gasteiger partial charge on any atom is -0.305 e. The van der Waals surface area contributed by atoms with E-state index < -0.39 is 8.14 Å². The predicted molar refractivity (Wildman–Crippen MR) is 28.2 cm³/mol. The second kappa shape index (κ2) is 2.60. The molecular weight excluding hydrogens is 148 g/mol. The van der Waals surface area contributed by atoms with Crippen LogP contribution in [0, 0.1) is 0 Å². The lowest BCUT2D eigenvalue weighted by Crippen LogP contribution is -1.91. The topological polar surface area (TPSA) is 17.1 Å². The molecule has 0 fully saturated rings. The largest absolute Gasteiger partial charge is 0.305 e. The molecule has 0 radical (unpaired) electrons. The van der Waals surface area contributed by atoms with Crippen LogP contribution in [0.4, 0.5) is 0 Å². The molecule has 0 rings (SSSR count). The summed E-state index contributed by atoms with van der Waals surface area (Å²) < 4.78 is 0. The van der Waals surface area contributed by atoms with Crippen molar-refractivity contribution in [3.05, 3.63) is 0 Å². The summed E-state index contributed by atoms with van der Waals surface area (Å²) in [4.78, 5) is 9.83. The fourth-order valence-corrected chi connectivity index (χ4v) is 0. The van der Waals surface area contributed by atoms with E-state index in [1.165, 1.54) is 0 Å². The molecule has 0 unspecified atom stereocenters. The molecule has 0 saturated heterocycles. The Balaban J connectivity index is 2.85. The van der Waals surface area contributed by atoms with Crippen LogP contribution in [0.2, 0.25) is 0 Å². The van der Waals surface area contributed by atoms with E-state index in [0.29, 0.717) is 5.41 Å². The van der Waals surface area contributed by atoms with Crippen molar-refractivity contribution in [3.8, 4) is 0 Å². The summed E-state index contributed by atoms with van der Waals surface area (Å²) >= 11 is 3.10. The van der Waals surface area contributed by atoms with Crippen LogP contribution in [0.1, 0.15) is 6.92 Å². The summed E-state index contributed by atoms with van der Waals surface area (Å²) in [6, 6.07) is 0. The van der Waals surface area contributed by atoms with Crippen LogP contribution in [0.3, 0.4) is 0 Å². The van der Waals surface area contributed by atoms with Gasteiger partial charge in [0.25, 0.3) is 0 Å². The van der Waals surface area contributed by atoms with Crippen LogP contribution < -0.4 is 0 Å². The summed E-state index contributed by atoms with van der Waals surface area (Å²) in [5, 5.41) is 0.310. The third-order valence-electron chi connectivity index (χ3n) is 0.188. The fourth-order valence-electron chi connectivity index (χ4n) is 0. The van der Waals surface area contributed by atoms with E-state index in [4.69, 9.17) is 0 Å². The Kier molecular flexibility index (Phi) is 2.79. The molecule has 0 aliphatic carbocycles. The first-order valence-electron chi connectivity index (χ1n) is 1.32. The Bertz CT molecular complexity index is 44.9. The van der Waals surface area contributed by atoms with Gasteiger partial charge in [0.05, 0.1) is 0 Å². The molecule has 0 spiro atoms. The zero-order valence-electron chi connectivity index (χ0n) is 2.99. The van der Waals surface area contributed by atoms with Crippen LogP contribution >= 0.6 is 15.3 Å². The highest BCUT2D eigenvalue weighted by Crippen LogP contribution is 1.71. The molecule has 0 N–H and O–H groups in total. The van der Waals surface area contributed by atoms with Crippen LogP contribution in [0.25, 0.3) is 0 Å². The maximum absolute atomic E-state index is 9.83. The van der Waals surface area contributed by atoms with Crippen molar-refractivity contribution in [1.82, 2.24) is 0 Å². The third-order valence-corrected chi connectivity index (χ3v) is 2.93. The fraction of sp³-hybridized carbons (Fsp3) is 0.500. The third kappa shape index (κ3) is 4.37. The lowest BCUT2D eigenvalue weighted by Gasteiger charge is -1.68. The first-order valence-corrected chi connectivity index (χ1v) is 5.93.